The lowest BCUT2D eigenvalue weighted by atomic mass is 9.65. The number of hydrogen-bond donors (Lipinski definition) is 2. The minimum Gasteiger partial charge on any atom is -0.378 e. The number of nitrogens with one attached hydrogen (secondary N) is 2. The number of ether oxygens (including phenoxy) is 1. The van der Waals surface area contributed by atoms with Crippen LogP contribution in [0.25, 0.3) is 0 Å². The van der Waals surface area contributed by atoms with Gasteiger partial charge in [-0.2, -0.15) is 0 Å². The summed E-state index contributed by atoms with van der Waals surface area (Å²) in [5.74, 6) is 0.621. The van der Waals surface area contributed by atoms with Crippen LogP contribution in [0.5, 0.6) is 0 Å². The van der Waals surface area contributed by atoms with Gasteiger partial charge in [0.15, 0.2) is 0 Å². The first kappa shape index (κ1) is 21.1. The molecule has 3 rings (SSSR count). The largest absolute Gasteiger partial charge is 0.378 e. The van der Waals surface area contributed by atoms with E-state index in [9.17, 15) is 0 Å². The van der Waals surface area contributed by atoms with Gasteiger partial charge in [-0.15, -0.1) is 0 Å². The first-order valence-electron chi connectivity index (χ1n) is 11.0. The molecule has 3 nitrogen and oxygen atoms in total. The molecule has 3 heteroatoms. The van der Waals surface area contributed by atoms with E-state index in [0.29, 0.717) is 24.0 Å². The van der Waals surface area contributed by atoms with Crippen molar-refractivity contribution < 1.29 is 4.74 Å². The summed E-state index contributed by atoms with van der Waals surface area (Å²) in [5.41, 5.74) is 5.65. The molecule has 1 unspecified atom stereocenters. The fraction of sp³-hybridized carbons (Fsp3) is 0.833. The first-order chi connectivity index (χ1) is 12.6. The Hall–Kier alpha value is -0.640. The molecule has 1 heterocycles. The predicted octanol–water partition coefficient (Wildman–Crippen LogP) is 4.84. The lowest BCUT2D eigenvalue weighted by Gasteiger charge is -2.45. The van der Waals surface area contributed by atoms with E-state index in [0.717, 1.165) is 19.6 Å². The van der Waals surface area contributed by atoms with Gasteiger partial charge in [-0.25, -0.2) is 0 Å². The molecule has 0 spiro atoms. The lowest BCUT2D eigenvalue weighted by molar-refractivity contribution is -0.0129. The molecule has 0 saturated carbocycles. The summed E-state index contributed by atoms with van der Waals surface area (Å²) < 4.78 is 5.44. The van der Waals surface area contributed by atoms with E-state index < -0.39 is 0 Å². The number of allylic oxidation sites excluding steroid dienone is 2. The summed E-state index contributed by atoms with van der Waals surface area (Å²) >= 11 is 0. The van der Waals surface area contributed by atoms with E-state index in [2.05, 4.69) is 65.3 Å². The van der Waals surface area contributed by atoms with Gasteiger partial charge in [0.2, 0.25) is 0 Å². The summed E-state index contributed by atoms with van der Waals surface area (Å²) in [5, 5.41) is 7.53. The van der Waals surface area contributed by atoms with Crippen LogP contribution in [0.2, 0.25) is 0 Å². The van der Waals surface area contributed by atoms with Gasteiger partial charge in [0.25, 0.3) is 0 Å². The van der Waals surface area contributed by atoms with Crippen molar-refractivity contribution in [3.8, 4) is 0 Å². The fourth-order valence-corrected chi connectivity index (χ4v) is 5.14. The molecule has 2 aliphatic carbocycles. The molecule has 2 N–H and O–H groups in total. The van der Waals surface area contributed by atoms with E-state index in [-0.39, 0.29) is 10.8 Å². The van der Waals surface area contributed by atoms with E-state index in [1.807, 2.05) is 0 Å². The van der Waals surface area contributed by atoms with Gasteiger partial charge in [-0.3, -0.25) is 0 Å². The third-order valence-electron chi connectivity index (χ3n) is 6.95. The second-order valence-corrected chi connectivity index (χ2v) is 11.0. The van der Waals surface area contributed by atoms with Crippen LogP contribution in [0.1, 0.15) is 73.6 Å². The lowest BCUT2D eigenvalue weighted by Crippen LogP contribution is -2.54. The molecule has 0 bridgehead atoms. The predicted molar refractivity (Wildman–Crippen MR) is 115 cm³/mol. The van der Waals surface area contributed by atoms with Crippen molar-refractivity contribution in [1.82, 2.24) is 10.6 Å². The van der Waals surface area contributed by atoms with Gasteiger partial charge in [0.05, 0.1) is 19.3 Å². The zero-order valence-electron chi connectivity index (χ0n) is 18.7. The zero-order valence-corrected chi connectivity index (χ0v) is 18.7. The third kappa shape index (κ3) is 4.86. The van der Waals surface area contributed by atoms with Crippen LogP contribution in [0.4, 0.5) is 0 Å². The SMILES string of the molecule is CN[C@@H]1CCC(C(C)(C)C)=C(C2CC(C(C)(C)C)=CC[C@H]2NC2COC2)C1. The summed E-state index contributed by atoms with van der Waals surface area (Å²) in [6, 6.07) is 1.72. The Balaban J connectivity index is 1.95. The Morgan fingerprint density at radius 3 is 2.19 bits per heavy atom. The Morgan fingerprint density at radius 1 is 0.963 bits per heavy atom. The standard InChI is InChI=1S/C24H42N2O/c1-23(2,3)16-8-11-22(26-18-14-27-15-18)20(12-16)19-13-17(25-7)9-10-21(19)24(4,5)6/h8,17-18,20,22,25-26H,9-15H2,1-7H3/t17-,20?,22-/m1/s1. The van der Waals surface area contributed by atoms with Crippen molar-refractivity contribution in [1.29, 1.82) is 0 Å². The van der Waals surface area contributed by atoms with Crippen LogP contribution in [-0.2, 0) is 4.74 Å². The molecule has 0 aromatic rings. The van der Waals surface area contributed by atoms with Crippen molar-refractivity contribution in [3.05, 3.63) is 22.8 Å². The van der Waals surface area contributed by atoms with Crippen molar-refractivity contribution in [2.75, 3.05) is 20.3 Å². The van der Waals surface area contributed by atoms with Crippen molar-refractivity contribution in [3.63, 3.8) is 0 Å². The average Bonchev–Trinajstić information content (AvgIpc) is 2.55. The van der Waals surface area contributed by atoms with Crippen LogP contribution in [0.3, 0.4) is 0 Å². The van der Waals surface area contributed by atoms with Crippen LogP contribution < -0.4 is 10.6 Å². The molecule has 0 radical (unpaired) electrons. The summed E-state index contributed by atoms with van der Waals surface area (Å²) in [6.07, 6.45) is 8.62. The van der Waals surface area contributed by atoms with E-state index >= 15 is 0 Å². The maximum Gasteiger partial charge on any atom is 0.0643 e. The van der Waals surface area contributed by atoms with Crippen LogP contribution in [0.15, 0.2) is 22.8 Å². The molecule has 0 aromatic carbocycles. The minimum atomic E-state index is 0.265. The van der Waals surface area contributed by atoms with Gasteiger partial charge >= 0.3 is 0 Å². The van der Waals surface area contributed by atoms with Crippen molar-refractivity contribution >= 4 is 0 Å². The van der Waals surface area contributed by atoms with Gasteiger partial charge in [0.1, 0.15) is 0 Å². The maximum absolute atomic E-state index is 5.44. The smallest absolute Gasteiger partial charge is 0.0643 e. The molecule has 154 valence electrons. The molecule has 0 aromatic heterocycles. The summed E-state index contributed by atoms with van der Waals surface area (Å²) in [6.45, 7) is 16.1. The van der Waals surface area contributed by atoms with Crippen molar-refractivity contribution in [2.45, 2.75) is 91.8 Å². The molecule has 0 amide bonds. The van der Waals surface area contributed by atoms with Crippen molar-refractivity contribution in [2.24, 2.45) is 16.7 Å². The monoisotopic (exact) mass is 374 g/mol. The average molecular weight is 375 g/mol. The molecule has 3 atom stereocenters. The Morgan fingerprint density at radius 2 is 1.67 bits per heavy atom. The topological polar surface area (TPSA) is 33.3 Å². The van der Waals surface area contributed by atoms with Gasteiger partial charge in [-0.05, 0) is 55.9 Å². The van der Waals surface area contributed by atoms with Crippen LogP contribution in [-0.4, -0.2) is 38.4 Å². The van der Waals surface area contributed by atoms with Crippen LogP contribution in [0, 0.1) is 16.7 Å². The summed E-state index contributed by atoms with van der Waals surface area (Å²) in [7, 11) is 2.13. The highest BCUT2D eigenvalue weighted by Crippen LogP contribution is 2.46. The highest BCUT2D eigenvalue weighted by Gasteiger charge is 2.38. The molecule has 27 heavy (non-hydrogen) atoms. The van der Waals surface area contributed by atoms with E-state index in [4.69, 9.17) is 4.74 Å². The quantitative estimate of drug-likeness (QED) is 0.691. The second kappa shape index (κ2) is 8.00. The second-order valence-electron chi connectivity index (χ2n) is 11.0. The normalized spacial score (nSPS) is 30.9. The fourth-order valence-electron chi connectivity index (χ4n) is 5.14. The van der Waals surface area contributed by atoms with E-state index in [1.165, 1.54) is 25.7 Å². The van der Waals surface area contributed by atoms with Gasteiger partial charge in [-0.1, -0.05) is 64.3 Å². The molecule has 3 aliphatic rings. The highest BCUT2D eigenvalue weighted by molar-refractivity contribution is 5.32. The highest BCUT2D eigenvalue weighted by atomic mass is 16.5. The molecular formula is C24H42N2O. The zero-order chi connectivity index (χ0) is 19.8. The Kier molecular flexibility index (Phi) is 6.25. The molecular weight excluding hydrogens is 332 g/mol. The third-order valence-corrected chi connectivity index (χ3v) is 6.95. The molecule has 1 saturated heterocycles. The summed E-state index contributed by atoms with van der Waals surface area (Å²) in [4.78, 5) is 0. The van der Waals surface area contributed by atoms with E-state index in [1.54, 1.807) is 16.7 Å². The maximum atomic E-state index is 5.44. The molecule has 1 aliphatic heterocycles. The first-order valence-corrected chi connectivity index (χ1v) is 11.0. The number of rotatable bonds is 4. The molecule has 1 fully saturated rings. The minimum absolute atomic E-state index is 0.265. The van der Waals surface area contributed by atoms with Crippen LogP contribution >= 0.6 is 0 Å². The van der Waals surface area contributed by atoms with Gasteiger partial charge in [0, 0.05) is 12.1 Å². The van der Waals surface area contributed by atoms with Gasteiger partial charge < -0.3 is 15.4 Å². The Bertz CT molecular complexity index is 586. The Labute approximate surface area is 167 Å². The number of hydrogen-bond acceptors (Lipinski definition) is 3.